The lowest BCUT2D eigenvalue weighted by Crippen LogP contribution is -2.01. The van der Waals surface area contributed by atoms with Gasteiger partial charge in [0, 0.05) is 16.9 Å². The highest BCUT2D eigenvalue weighted by molar-refractivity contribution is 8.13. The third-order valence-electron chi connectivity index (χ3n) is 2.55. The largest absolute Gasteiger partial charge is 0.494 e. The quantitative estimate of drug-likeness (QED) is 0.535. The second kappa shape index (κ2) is 7.28. The van der Waals surface area contributed by atoms with Crippen molar-refractivity contribution >= 4 is 29.6 Å². The van der Waals surface area contributed by atoms with E-state index >= 15 is 0 Å². The van der Waals surface area contributed by atoms with Crippen molar-refractivity contribution in [2.45, 2.75) is 24.2 Å². The minimum atomic E-state index is -3.41. The van der Waals surface area contributed by atoms with Gasteiger partial charge in [0.1, 0.15) is 5.75 Å². The molecule has 0 fully saturated rings. The first kappa shape index (κ1) is 17.3. The summed E-state index contributed by atoms with van der Waals surface area (Å²) >= 11 is 0. The second-order valence-electron chi connectivity index (χ2n) is 4.40. The van der Waals surface area contributed by atoms with E-state index in [1.54, 1.807) is 12.1 Å². The molecule has 20 heavy (non-hydrogen) atoms. The van der Waals surface area contributed by atoms with Crippen LogP contribution in [0.1, 0.15) is 19.3 Å². The van der Waals surface area contributed by atoms with E-state index in [1.807, 2.05) is 0 Å². The molecule has 0 heterocycles. The second-order valence-corrected chi connectivity index (χ2v) is 9.31. The molecule has 1 aromatic rings. The first-order valence-electron chi connectivity index (χ1n) is 6.04. The first-order chi connectivity index (χ1) is 9.18. The molecule has 8 heteroatoms. The molecule has 0 saturated heterocycles. The van der Waals surface area contributed by atoms with E-state index in [-0.39, 0.29) is 10.6 Å². The van der Waals surface area contributed by atoms with E-state index in [0.29, 0.717) is 31.6 Å². The summed E-state index contributed by atoms with van der Waals surface area (Å²) in [4.78, 5) is 0.247. The first-order valence-corrected chi connectivity index (χ1v) is 10.4. The minimum absolute atomic E-state index is 0.0301. The molecule has 0 N–H and O–H groups in total. The van der Waals surface area contributed by atoms with Gasteiger partial charge in [0.05, 0.1) is 17.3 Å². The number of hydrogen-bond donors (Lipinski definition) is 0. The highest BCUT2D eigenvalue weighted by Crippen LogP contribution is 2.16. The van der Waals surface area contributed by atoms with Crippen LogP contribution in [0.15, 0.2) is 29.2 Å². The summed E-state index contributed by atoms with van der Waals surface area (Å²) in [6, 6.07) is 6.18. The van der Waals surface area contributed by atoms with Gasteiger partial charge in [0.15, 0.2) is 9.84 Å². The molecule has 1 rings (SSSR count). The van der Waals surface area contributed by atoms with Crippen LogP contribution in [0.5, 0.6) is 5.75 Å². The lowest BCUT2D eigenvalue weighted by molar-refractivity contribution is 0.306. The zero-order valence-electron chi connectivity index (χ0n) is 11.1. The Balaban J connectivity index is 2.29. The highest BCUT2D eigenvalue weighted by Gasteiger charge is 2.06. The fraction of sp³-hybridized carbons (Fsp3) is 0.500. The SMILES string of the molecule is CS(=O)(=O)c1ccc(OCCCCCS(=O)(=O)Cl)cc1. The number of benzene rings is 1. The average molecular weight is 341 g/mol. The van der Waals surface area contributed by atoms with E-state index in [9.17, 15) is 16.8 Å². The third-order valence-corrected chi connectivity index (χ3v) is 4.92. The van der Waals surface area contributed by atoms with Gasteiger partial charge in [0.25, 0.3) is 0 Å². The Morgan fingerprint density at radius 2 is 1.60 bits per heavy atom. The van der Waals surface area contributed by atoms with Crippen LogP contribution >= 0.6 is 10.7 Å². The zero-order chi connectivity index (χ0) is 15.2. The van der Waals surface area contributed by atoms with Gasteiger partial charge in [-0.05, 0) is 43.5 Å². The molecule has 5 nitrogen and oxygen atoms in total. The van der Waals surface area contributed by atoms with Gasteiger partial charge in [-0.25, -0.2) is 16.8 Å². The van der Waals surface area contributed by atoms with Gasteiger partial charge in [-0.15, -0.1) is 0 Å². The summed E-state index contributed by atoms with van der Waals surface area (Å²) in [5.74, 6) is 0.555. The molecular weight excluding hydrogens is 324 g/mol. The van der Waals surface area contributed by atoms with Crippen LogP contribution in [-0.4, -0.2) is 35.5 Å². The predicted molar refractivity (Wildman–Crippen MR) is 78.5 cm³/mol. The van der Waals surface area contributed by atoms with Gasteiger partial charge < -0.3 is 4.74 Å². The Labute approximate surface area is 124 Å². The number of rotatable bonds is 8. The van der Waals surface area contributed by atoms with Gasteiger partial charge >= 0.3 is 0 Å². The smallest absolute Gasteiger partial charge is 0.232 e. The summed E-state index contributed by atoms with van der Waals surface area (Å²) in [7, 11) is -1.51. The van der Waals surface area contributed by atoms with E-state index in [4.69, 9.17) is 15.4 Å². The molecule has 0 aliphatic rings. The van der Waals surface area contributed by atoms with Crippen LogP contribution < -0.4 is 4.74 Å². The standard InChI is InChI=1S/C12H17ClO5S2/c1-19(14,15)12-7-5-11(6-8-12)18-9-3-2-4-10-20(13,16)17/h5-8H,2-4,9-10H2,1H3. The lowest BCUT2D eigenvalue weighted by Gasteiger charge is -2.06. The zero-order valence-corrected chi connectivity index (χ0v) is 13.5. The van der Waals surface area contributed by atoms with Crippen LogP contribution in [0.4, 0.5) is 0 Å². The van der Waals surface area contributed by atoms with Crippen LogP contribution in [-0.2, 0) is 18.9 Å². The number of hydrogen-bond acceptors (Lipinski definition) is 5. The molecule has 0 aliphatic carbocycles. The summed E-state index contributed by atoms with van der Waals surface area (Å²) < 4.78 is 49.3. The minimum Gasteiger partial charge on any atom is -0.494 e. The topological polar surface area (TPSA) is 77.5 Å². The van der Waals surface area contributed by atoms with Gasteiger partial charge in [-0.1, -0.05) is 0 Å². The van der Waals surface area contributed by atoms with Crippen molar-refractivity contribution in [3.8, 4) is 5.75 Å². The van der Waals surface area contributed by atoms with Crippen LogP contribution in [0.2, 0.25) is 0 Å². The monoisotopic (exact) mass is 340 g/mol. The molecule has 0 aromatic heterocycles. The summed E-state index contributed by atoms with van der Waals surface area (Å²) in [5, 5.41) is 0. The molecule has 0 saturated carbocycles. The number of halogens is 1. The lowest BCUT2D eigenvalue weighted by atomic mass is 10.3. The van der Waals surface area contributed by atoms with Gasteiger partial charge in [0.2, 0.25) is 9.05 Å². The summed E-state index contributed by atoms with van der Waals surface area (Å²) in [6.07, 6.45) is 3.06. The molecule has 114 valence electrons. The van der Waals surface area contributed by atoms with E-state index in [1.165, 1.54) is 12.1 Å². The van der Waals surface area contributed by atoms with Crippen molar-refractivity contribution in [1.82, 2.24) is 0 Å². The average Bonchev–Trinajstić information content (AvgIpc) is 2.32. The molecule has 0 unspecified atom stereocenters. The maximum Gasteiger partial charge on any atom is 0.232 e. The molecule has 0 amide bonds. The Kier molecular flexibility index (Phi) is 6.29. The van der Waals surface area contributed by atoms with Crippen molar-refractivity contribution in [3.05, 3.63) is 24.3 Å². The maximum absolute atomic E-state index is 11.3. The van der Waals surface area contributed by atoms with Crippen LogP contribution in [0, 0.1) is 0 Å². The fourth-order valence-electron chi connectivity index (χ4n) is 1.53. The molecule has 0 spiro atoms. The van der Waals surface area contributed by atoms with E-state index in [2.05, 4.69) is 0 Å². The van der Waals surface area contributed by atoms with E-state index < -0.39 is 18.9 Å². The van der Waals surface area contributed by atoms with Gasteiger partial charge in [-0.2, -0.15) is 0 Å². The molecule has 0 aliphatic heterocycles. The highest BCUT2D eigenvalue weighted by atomic mass is 35.7. The predicted octanol–water partition coefficient (Wildman–Crippen LogP) is 2.21. The summed E-state index contributed by atoms with van der Waals surface area (Å²) in [5.41, 5.74) is 0. The van der Waals surface area contributed by atoms with Crippen molar-refractivity contribution in [2.75, 3.05) is 18.6 Å². The van der Waals surface area contributed by atoms with Crippen molar-refractivity contribution in [3.63, 3.8) is 0 Å². The number of unbranched alkanes of at least 4 members (excludes halogenated alkanes) is 2. The maximum atomic E-state index is 11.3. The number of sulfone groups is 1. The van der Waals surface area contributed by atoms with Gasteiger partial charge in [-0.3, -0.25) is 0 Å². The van der Waals surface area contributed by atoms with Crippen LogP contribution in [0.25, 0.3) is 0 Å². The molecular formula is C12H17ClO5S2. The fourth-order valence-corrected chi connectivity index (χ4v) is 3.03. The Morgan fingerprint density at radius 1 is 1.00 bits per heavy atom. The Bertz CT molecular complexity index is 620. The van der Waals surface area contributed by atoms with Crippen LogP contribution in [0.3, 0.4) is 0 Å². The molecule has 0 atom stereocenters. The molecule has 0 radical (unpaired) electrons. The van der Waals surface area contributed by atoms with E-state index in [0.717, 1.165) is 6.26 Å². The molecule has 1 aromatic carbocycles. The normalized spacial score (nSPS) is 12.3. The third kappa shape index (κ3) is 7.12. The van der Waals surface area contributed by atoms with Crippen molar-refractivity contribution in [2.24, 2.45) is 0 Å². The van der Waals surface area contributed by atoms with Crippen molar-refractivity contribution in [1.29, 1.82) is 0 Å². The summed E-state index contributed by atoms with van der Waals surface area (Å²) in [6.45, 7) is 0.445. The number of ether oxygens (including phenoxy) is 1. The Hall–Kier alpha value is -0.790. The van der Waals surface area contributed by atoms with Crippen molar-refractivity contribution < 1.29 is 21.6 Å². The molecule has 0 bridgehead atoms. The Morgan fingerprint density at radius 3 is 2.10 bits per heavy atom.